The molecule has 0 aliphatic carbocycles. The zero-order chi connectivity index (χ0) is 27.0. The molecule has 1 aromatic carbocycles. The number of ether oxygens (including phenoxy) is 3. The van der Waals surface area contributed by atoms with Gasteiger partial charge in [0.1, 0.15) is 25.3 Å². The second-order valence-electron chi connectivity index (χ2n) is 11.7. The Morgan fingerprint density at radius 2 is 1.71 bits per heavy atom. The van der Waals surface area contributed by atoms with Crippen molar-refractivity contribution in [3.8, 4) is 0 Å². The number of aromatic nitrogens is 2. The van der Waals surface area contributed by atoms with Gasteiger partial charge in [0.05, 0.1) is 11.0 Å². The number of hydrogen-bond acceptors (Lipinski definition) is 7. The number of carbonyl (C=O) groups excluding carboxylic acids is 2. The van der Waals surface area contributed by atoms with Gasteiger partial charge in [-0.3, -0.25) is 23.6 Å². The third-order valence-corrected chi connectivity index (χ3v) is 9.56. The monoisotopic (exact) mass is 542 g/mol. The molecule has 3 aliphatic heterocycles. The number of likely N-dealkylation sites (tertiary alicyclic amines) is 1. The molecule has 1 aromatic heterocycles. The van der Waals surface area contributed by atoms with Crippen LogP contribution in [-0.4, -0.2) is 66.6 Å². The maximum absolute atomic E-state index is 13.4. The Kier molecular flexibility index (Phi) is 7.41. The molecule has 2 fully saturated rings. The van der Waals surface area contributed by atoms with Crippen LogP contribution in [0, 0.1) is 5.92 Å². The van der Waals surface area contributed by atoms with Crippen molar-refractivity contribution < 1.29 is 23.8 Å². The number of amides is 2. The Morgan fingerprint density at radius 1 is 1.00 bits per heavy atom. The van der Waals surface area contributed by atoms with E-state index < -0.39 is 14.1 Å². The number of rotatable bonds is 8. The fraction of sp³-hybridized carbons (Fsp3) is 0.593. The second kappa shape index (κ2) is 10.6. The summed E-state index contributed by atoms with van der Waals surface area (Å²) < 4.78 is 19.9. The molecule has 0 saturated carbocycles. The Labute approximate surface area is 223 Å². The highest BCUT2D eigenvalue weighted by atomic mass is 28.3. The zero-order valence-electron chi connectivity index (χ0n) is 22.7. The predicted molar refractivity (Wildman–Crippen MR) is 146 cm³/mol. The van der Waals surface area contributed by atoms with Crippen molar-refractivity contribution in [2.24, 2.45) is 13.0 Å². The van der Waals surface area contributed by atoms with Crippen LogP contribution in [-0.2, 0) is 30.8 Å². The van der Waals surface area contributed by atoms with Crippen LogP contribution in [0.3, 0.4) is 0 Å². The van der Waals surface area contributed by atoms with Crippen LogP contribution in [0.2, 0.25) is 25.7 Å². The minimum absolute atomic E-state index is 0.0642. The van der Waals surface area contributed by atoms with Gasteiger partial charge in [-0.15, -0.1) is 0 Å². The summed E-state index contributed by atoms with van der Waals surface area (Å²) in [6.45, 7) is 8.94. The molecule has 2 aromatic rings. The maximum atomic E-state index is 13.4. The highest BCUT2D eigenvalue weighted by molar-refractivity contribution is 6.76. The summed E-state index contributed by atoms with van der Waals surface area (Å²) in [6, 6.07) is 6.18. The molecular formula is C27H38N4O6Si. The molecule has 5 rings (SSSR count). The van der Waals surface area contributed by atoms with Gasteiger partial charge in [0, 0.05) is 52.8 Å². The van der Waals surface area contributed by atoms with Crippen molar-refractivity contribution in [2.75, 3.05) is 31.3 Å². The van der Waals surface area contributed by atoms with Crippen LogP contribution in [0.5, 0.6) is 0 Å². The topological polar surface area (TPSA) is 95.2 Å². The van der Waals surface area contributed by atoms with Crippen LogP contribution in [0.4, 0.5) is 5.69 Å². The Hall–Kier alpha value is -3.05. The lowest BCUT2D eigenvalue weighted by molar-refractivity contribution is -0.157. The Balaban J connectivity index is 1.32. The number of piperidine rings is 2. The molecule has 206 valence electrons. The third kappa shape index (κ3) is 5.26. The minimum atomic E-state index is -1.29. The number of benzene rings is 1. The van der Waals surface area contributed by atoms with E-state index in [-0.39, 0.29) is 36.9 Å². The summed E-state index contributed by atoms with van der Waals surface area (Å²) in [4.78, 5) is 42.8. The van der Waals surface area contributed by atoms with Crippen LogP contribution < -0.4 is 10.6 Å². The normalized spacial score (nSPS) is 21.4. The van der Waals surface area contributed by atoms with Gasteiger partial charge in [-0.1, -0.05) is 19.6 Å². The maximum Gasteiger partial charge on any atom is 0.329 e. The molecule has 2 amide bonds. The lowest BCUT2D eigenvalue weighted by Gasteiger charge is -2.35. The molecule has 1 atom stereocenters. The lowest BCUT2D eigenvalue weighted by Crippen LogP contribution is -2.48. The van der Waals surface area contributed by atoms with E-state index in [1.165, 1.54) is 4.90 Å². The van der Waals surface area contributed by atoms with Gasteiger partial charge < -0.3 is 19.1 Å². The Morgan fingerprint density at radius 3 is 2.39 bits per heavy atom. The van der Waals surface area contributed by atoms with E-state index in [0.717, 1.165) is 43.2 Å². The molecule has 1 unspecified atom stereocenters. The quantitative estimate of drug-likeness (QED) is 0.287. The molecule has 0 bridgehead atoms. The van der Waals surface area contributed by atoms with E-state index in [1.807, 2.05) is 18.2 Å². The summed E-state index contributed by atoms with van der Waals surface area (Å²) in [5, 5.41) is 0. The molecular weight excluding hydrogens is 504 g/mol. The van der Waals surface area contributed by atoms with E-state index in [1.54, 1.807) is 28.7 Å². The highest BCUT2D eigenvalue weighted by Crippen LogP contribution is 2.32. The molecule has 0 radical (unpaired) electrons. The minimum Gasteiger partial charge on any atom is -0.459 e. The van der Waals surface area contributed by atoms with Crippen molar-refractivity contribution in [1.82, 2.24) is 14.0 Å². The molecule has 11 heteroatoms. The summed E-state index contributed by atoms with van der Waals surface area (Å²) >= 11 is 0. The van der Waals surface area contributed by atoms with Crippen molar-refractivity contribution >= 4 is 36.6 Å². The van der Waals surface area contributed by atoms with Crippen LogP contribution in [0.15, 0.2) is 35.5 Å². The molecule has 2 saturated heterocycles. The smallest absolute Gasteiger partial charge is 0.329 e. The summed E-state index contributed by atoms with van der Waals surface area (Å²) in [7, 11) is 0.446. The molecule has 3 aliphatic rings. The van der Waals surface area contributed by atoms with Crippen molar-refractivity contribution in [1.29, 1.82) is 0 Å². The molecule has 0 N–H and O–H groups in total. The van der Waals surface area contributed by atoms with Crippen LogP contribution >= 0.6 is 0 Å². The van der Waals surface area contributed by atoms with Gasteiger partial charge in [0.2, 0.25) is 12.2 Å². The summed E-state index contributed by atoms with van der Waals surface area (Å²) in [5.41, 5.74) is 2.25. The number of aryl methyl sites for hydroxylation is 1. The molecule has 0 spiro atoms. The fourth-order valence-electron chi connectivity index (χ4n) is 5.48. The van der Waals surface area contributed by atoms with Gasteiger partial charge in [-0.05, 0) is 43.5 Å². The Bertz CT molecular complexity index is 1280. The average molecular weight is 543 g/mol. The lowest BCUT2D eigenvalue weighted by atomic mass is 9.95. The van der Waals surface area contributed by atoms with E-state index in [9.17, 15) is 14.4 Å². The number of anilines is 1. The van der Waals surface area contributed by atoms with E-state index in [2.05, 4.69) is 24.5 Å². The third-order valence-electron chi connectivity index (χ3n) is 7.86. The molecule has 10 nitrogen and oxygen atoms in total. The van der Waals surface area contributed by atoms with E-state index in [4.69, 9.17) is 14.2 Å². The zero-order valence-corrected chi connectivity index (χ0v) is 23.7. The highest BCUT2D eigenvalue weighted by Gasteiger charge is 2.38. The first kappa shape index (κ1) is 26.5. The average Bonchev–Trinajstić information content (AvgIpc) is 3.51. The number of hydrogen-bond donors (Lipinski definition) is 0. The number of carbonyl (C=O) groups is 2. The fourth-order valence-corrected chi connectivity index (χ4v) is 6.24. The van der Waals surface area contributed by atoms with Crippen LogP contribution in [0.25, 0.3) is 11.0 Å². The first-order valence-electron chi connectivity index (χ1n) is 13.5. The van der Waals surface area contributed by atoms with Gasteiger partial charge in [-0.2, -0.15) is 0 Å². The van der Waals surface area contributed by atoms with E-state index in [0.29, 0.717) is 24.5 Å². The number of nitrogens with zero attached hydrogens (tertiary/aromatic N) is 4. The van der Waals surface area contributed by atoms with Gasteiger partial charge in [-0.25, -0.2) is 4.79 Å². The molecule has 38 heavy (non-hydrogen) atoms. The second-order valence-corrected chi connectivity index (χ2v) is 17.3. The van der Waals surface area contributed by atoms with Gasteiger partial charge in [0.25, 0.3) is 5.91 Å². The SMILES string of the molecule is Cn1c(=O)n(C2CCC(=O)N(COCC[Si](C)(C)C)C2=O)c2ccc(N3CCC(C4OC=CO4)CC3)cc21. The molecule has 4 heterocycles. The predicted octanol–water partition coefficient (Wildman–Crippen LogP) is 3.40. The van der Waals surface area contributed by atoms with Crippen molar-refractivity contribution in [2.45, 2.75) is 63.7 Å². The summed E-state index contributed by atoms with van der Waals surface area (Å²) in [6.07, 6.45) is 5.41. The number of fused-ring (bicyclic) bond motifs is 1. The summed E-state index contributed by atoms with van der Waals surface area (Å²) in [5.74, 6) is -0.277. The number of imidazole rings is 1. The van der Waals surface area contributed by atoms with Crippen LogP contribution in [0.1, 0.15) is 31.7 Å². The van der Waals surface area contributed by atoms with Gasteiger partial charge in [0.15, 0.2) is 0 Å². The van der Waals surface area contributed by atoms with Gasteiger partial charge >= 0.3 is 5.69 Å². The standard InChI is InChI=1S/C27H38N4O6Si/c1-28-23-17-20(29-11-9-19(10-12-29)26-36-13-14-37-26)5-6-21(23)31(27(28)34)22-7-8-24(32)30(25(22)33)18-35-15-16-38(2,3)4/h5-6,13-14,17,19,22,26H,7-12,15-16,18H2,1-4H3. The number of imide groups is 1. The first-order chi connectivity index (χ1) is 18.1. The largest absolute Gasteiger partial charge is 0.459 e. The first-order valence-corrected chi connectivity index (χ1v) is 17.2. The van der Waals surface area contributed by atoms with Crippen molar-refractivity contribution in [3.05, 3.63) is 41.2 Å². The van der Waals surface area contributed by atoms with Crippen molar-refractivity contribution in [3.63, 3.8) is 0 Å². The van der Waals surface area contributed by atoms with E-state index >= 15 is 0 Å².